The van der Waals surface area contributed by atoms with Crippen molar-refractivity contribution in [2.75, 3.05) is 0 Å². The van der Waals surface area contributed by atoms with Crippen LogP contribution in [0.1, 0.15) is 39.5 Å². The maximum Gasteiger partial charge on any atom is 0.00807 e. The molecule has 0 aliphatic carbocycles. The Morgan fingerprint density at radius 1 is 1.17 bits per heavy atom. The van der Waals surface area contributed by atoms with Gasteiger partial charge in [0, 0.05) is 17.3 Å². The summed E-state index contributed by atoms with van der Waals surface area (Å²) in [6.07, 6.45) is 5.69. The lowest BCUT2D eigenvalue weighted by Gasteiger charge is -2.29. The maximum absolute atomic E-state index is 3.68. The smallest absolute Gasteiger partial charge is 0.00807 e. The Hall–Kier alpha value is 0.310. The maximum atomic E-state index is 3.68. The lowest BCUT2D eigenvalue weighted by atomic mass is 10.1. The summed E-state index contributed by atoms with van der Waals surface area (Å²) >= 11 is 2.18. The molecule has 2 rings (SSSR count). The van der Waals surface area contributed by atoms with Gasteiger partial charge in [-0.05, 0) is 30.9 Å². The Morgan fingerprint density at radius 2 is 1.75 bits per heavy atom. The summed E-state index contributed by atoms with van der Waals surface area (Å²) in [7, 11) is 0. The second-order valence-corrected chi connectivity index (χ2v) is 6.30. The molecule has 12 heavy (non-hydrogen) atoms. The number of rotatable bonds is 2. The third kappa shape index (κ3) is 1.97. The van der Waals surface area contributed by atoms with Gasteiger partial charge in [-0.15, -0.1) is 0 Å². The number of fused-ring (bicyclic) bond motifs is 2. The fraction of sp³-hybridized carbons (Fsp3) is 1.00. The second-order valence-electron chi connectivity index (χ2n) is 4.42. The van der Waals surface area contributed by atoms with E-state index in [9.17, 15) is 0 Å². The van der Waals surface area contributed by atoms with E-state index in [2.05, 4.69) is 30.9 Å². The topological polar surface area (TPSA) is 12.0 Å². The average molecular weight is 185 g/mol. The quantitative estimate of drug-likeness (QED) is 0.709. The average Bonchev–Trinajstić information content (AvgIpc) is 2.29. The van der Waals surface area contributed by atoms with Crippen molar-refractivity contribution >= 4 is 11.8 Å². The summed E-state index contributed by atoms with van der Waals surface area (Å²) < 4.78 is 0. The van der Waals surface area contributed by atoms with Crippen LogP contribution >= 0.6 is 11.8 Å². The zero-order valence-corrected chi connectivity index (χ0v) is 8.86. The minimum atomic E-state index is 0.812. The highest BCUT2D eigenvalue weighted by molar-refractivity contribution is 8.00. The molecule has 0 amide bonds. The minimum absolute atomic E-state index is 0.812. The molecule has 2 heteroatoms. The van der Waals surface area contributed by atoms with E-state index in [-0.39, 0.29) is 0 Å². The fourth-order valence-corrected chi connectivity index (χ4v) is 3.96. The van der Waals surface area contributed by atoms with Gasteiger partial charge in [0.05, 0.1) is 0 Å². The van der Waals surface area contributed by atoms with Gasteiger partial charge >= 0.3 is 0 Å². The molecule has 1 N–H and O–H groups in total. The summed E-state index contributed by atoms with van der Waals surface area (Å²) in [6, 6.07) is 1.72. The molecule has 0 aromatic carbocycles. The summed E-state index contributed by atoms with van der Waals surface area (Å²) in [4.78, 5) is 0. The number of nitrogens with one attached hydrogen (secondary N) is 1. The predicted octanol–water partition coefficient (Wildman–Crippen LogP) is 2.41. The second kappa shape index (κ2) is 3.59. The van der Waals surface area contributed by atoms with E-state index in [4.69, 9.17) is 0 Å². The number of hydrogen-bond donors (Lipinski definition) is 1. The number of piperidine rings is 1. The molecular weight excluding hydrogens is 166 g/mol. The molecule has 0 radical (unpaired) electrons. The van der Waals surface area contributed by atoms with Crippen molar-refractivity contribution in [3.63, 3.8) is 0 Å². The van der Waals surface area contributed by atoms with E-state index in [0.29, 0.717) is 0 Å². The highest BCUT2D eigenvalue weighted by Gasteiger charge is 2.33. The Balaban J connectivity index is 1.85. The van der Waals surface area contributed by atoms with Crippen molar-refractivity contribution in [2.24, 2.45) is 0 Å². The molecule has 1 unspecified atom stereocenters. The molecule has 0 saturated carbocycles. The molecule has 70 valence electrons. The Kier molecular flexibility index (Phi) is 2.66. The molecular formula is C10H19NS. The van der Waals surface area contributed by atoms with Crippen molar-refractivity contribution < 1.29 is 0 Å². The Morgan fingerprint density at radius 3 is 2.25 bits per heavy atom. The van der Waals surface area contributed by atoms with Crippen LogP contribution in [0.4, 0.5) is 0 Å². The molecule has 2 fully saturated rings. The van der Waals surface area contributed by atoms with Crippen LogP contribution in [-0.4, -0.2) is 22.6 Å². The van der Waals surface area contributed by atoms with E-state index in [0.717, 1.165) is 22.6 Å². The lowest BCUT2D eigenvalue weighted by molar-refractivity contribution is 0.414. The predicted molar refractivity (Wildman–Crippen MR) is 55.7 cm³/mol. The monoisotopic (exact) mass is 185 g/mol. The summed E-state index contributed by atoms with van der Waals surface area (Å²) in [5, 5.41) is 5.44. The summed E-state index contributed by atoms with van der Waals surface area (Å²) in [5.41, 5.74) is 0. The standard InChI is InChI=1S/C10H19NS/c1-7(2)12-10-5-8-3-4-9(6-10)11-8/h7-11H,3-6H2,1-2H3/t8-,9+,10?. The molecule has 3 atom stereocenters. The SMILES string of the molecule is CC(C)SC1C[C@H]2CC[C@@H](C1)N2. The van der Waals surface area contributed by atoms with Crippen molar-refractivity contribution in [1.29, 1.82) is 0 Å². The third-order valence-corrected chi connectivity index (χ3v) is 4.21. The summed E-state index contributed by atoms with van der Waals surface area (Å²) in [5.74, 6) is 0. The fourth-order valence-electron chi connectivity index (χ4n) is 2.50. The molecule has 0 aromatic heterocycles. The van der Waals surface area contributed by atoms with E-state index in [1.54, 1.807) is 0 Å². The number of thioether (sulfide) groups is 1. The van der Waals surface area contributed by atoms with Crippen molar-refractivity contribution in [3.8, 4) is 0 Å². The number of hydrogen-bond acceptors (Lipinski definition) is 2. The van der Waals surface area contributed by atoms with Gasteiger partial charge in [-0.1, -0.05) is 13.8 Å². The zero-order valence-electron chi connectivity index (χ0n) is 8.05. The van der Waals surface area contributed by atoms with Crippen LogP contribution < -0.4 is 5.32 Å². The highest BCUT2D eigenvalue weighted by Crippen LogP contribution is 2.35. The van der Waals surface area contributed by atoms with Crippen LogP contribution in [0.15, 0.2) is 0 Å². The molecule has 2 bridgehead atoms. The first-order valence-electron chi connectivity index (χ1n) is 5.15. The van der Waals surface area contributed by atoms with E-state index < -0.39 is 0 Å². The zero-order chi connectivity index (χ0) is 8.55. The third-order valence-electron chi connectivity index (χ3n) is 2.89. The van der Waals surface area contributed by atoms with Gasteiger partial charge in [0.1, 0.15) is 0 Å². The Bertz CT molecular complexity index is 146. The van der Waals surface area contributed by atoms with Crippen molar-refractivity contribution in [2.45, 2.75) is 62.1 Å². The lowest BCUT2D eigenvalue weighted by Crippen LogP contribution is -2.39. The van der Waals surface area contributed by atoms with Crippen LogP contribution in [0.5, 0.6) is 0 Å². The van der Waals surface area contributed by atoms with Crippen molar-refractivity contribution in [1.82, 2.24) is 5.32 Å². The van der Waals surface area contributed by atoms with Gasteiger partial charge in [0.2, 0.25) is 0 Å². The van der Waals surface area contributed by atoms with Crippen molar-refractivity contribution in [3.05, 3.63) is 0 Å². The largest absolute Gasteiger partial charge is 0.311 e. The first kappa shape index (κ1) is 8.89. The molecule has 2 heterocycles. The minimum Gasteiger partial charge on any atom is -0.311 e. The van der Waals surface area contributed by atoms with Gasteiger partial charge in [-0.25, -0.2) is 0 Å². The molecule has 2 saturated heterocycles. The molecule has 0 aromatic rings. The van der Waals surface area contributed by atoms with Crippen LogP contribution in [0.2, 0.25) is 0 Å². The van der Waals surface area contributed by atoms with Gasteiger partial charge in [0.15, 0.2) is 0 Å². The molecule has 2 aliphatic rings. The highest BCUT2D eigenvalue weighted by atomic mass is 32.2. The first-order chi connectivity index (χ1) is 5.74. The molecule has 2 aliphatic heterocycles. The van der Waals surface area contributed by atoms with Crippen LogP contribution in [-0.2, 0) is 0 Å². The van der Waals surface area contributed by atoms with E-state index in [1.807, 2.05) is 0 Å². The molecule has 1 nitrogen and oxygen atoms in total. The van der Waals surface area contributed by atoms with Gasteiger partial charge in [-0.3, -0.25) is 0 Å². The van der Waals surface area contributed by atoms with Crippen LogP contribution in [0, 0.1) is 0 Å². The first-order valence-corrected chi connectivity index (χ1v) is 6.10. The Labute approximate surface area is 79.7 Å². The molecule has 0 spiro atoms. The normalized spacial score (nSPS) is 40.8. The summed E-state index contributed by atoms with van der Waals surface area (Å²) in [6.45, 7) is 4.63. The van der Waals surface area contributed by atoms with E-state index >= 15 is 0 Å². The van der Waals surface area contributed by atoms with Crippen LogP contribution in [0.3, 0.4) is 0 Å². The van der Waals surface area contributed by atoms with Crippen LogP contribution in [0.25, 0.3) is 0 Å². The van der Waals surface area contributed by atoms with Gasteiger partial charge in [0.25, 0.3) is 0 Å². The van der Waals surface area contributed by atoms with E-state index in [1.165, 1.54) is 25.7 Å². The van der Waals surface area contributed by atoms with Gasteiger partial charge in [-0.2, -0.15) is 11.8 Å². The van der Waals surface area contributed by atoms with Gasteiger partial charge < -0.3 is 5.32 Å².